The van der Waals surface area contributed by atoms with Gasteiger partial charge in [0.05, 0.1) is 10.4 Å². The van der Waals surface area contributed by atoms with E-state index in [1.54, 1.807) is 0 Å². The molecule has 0 heterocycles. The maximum Gasteiger partial charge on any atom is 0.314 e. The Bertz CT molecular complexity index is 640. The first-order chi connectivity index (χ1) is 9.18. The molecule has 0 aromatic heterocycles. The van der Waals surface area contributed by atoms with Crippen molar-refractivity contribution in [2.24, 2.45) is 0 Å². The molecular weight excluding hydrogens is 307 g/mol. The number of hydrogen-bond acceptors (Lipinski definition) is 3. The zero-order valence-corrected chi connectivity index (χ0v) is 12.4. The van der Waals surface area contributed by atoms with Gasteiger partial charge in [-0.15, -0.1) is 0 Å². The van der Waals surface area contributed by atoms with E-state index in [1.807, 2.05) is 0 Å². The number of sulfone groups is 1. The quantitative estimate of drug-likeness (QED) is 0.929. The molecule has 1 aliphatic rings. The molecule has 7 heteroatoms. The molecule has 0 spiro atoms. The van der Waals surface area contributed by atoms with Gasteiger partial charge in [-0.25, -0.2) is 12.8 Å². The minimum atomic E-state index is -3.80. The number of rotatable bonds is 3. The largest absolute Gasteiger partial charge is 0.481 e. The molecule has 0 bridgehead atoms. The number of aliphatic carboxylic acids is 1. The topological polar surface area (TPSA) is 71.4 Å². The van der Waals surface area contributed by atoms with Crippen LogP contribution < -0.4 is 0 Å². The zero-order chi connectivity index (χ0) is 15.1. The van der Waals surface area contributed by atoms with Gasteiger partial charge in [-0.05, 0) is 30.5 Å². The molecule has 0 radical (unpaired) electrons. The summed E-state index contributed by atoms with van der Waals surface area (Å²) in [6.45, 7) is 0. The Hall–Kier alpha value is -1.14. The monoisotopic (exact) mass is 320 g/mol. The fourth-order valence-electron chi connectivity index (χ4n) is 2.79. The summed E-state index contributed by atoms with van der Waals surface area (Å²) in [7, 11) is -3.80. The van der Waals surface area contributed by atoms with Crippen LogP contribution in [-0.4, -0.2) is 25.7 Å². The first-order valence-electron chi connectivity index (χ1n) is 6.11. The van der Waals surface area contributed by atoms with Crippen molar-refractivity contribution in [3.8, 4) is 0 Å². The van der Waals surface area contributed by atoms with Gasteiger partial charge in [0.1, 0.15) is 10.7 Å². The summed E-state index contributed by atoms with van der Waals surface area (Å²) in [6.07, 6.45) is 3.13. The van der Waals surface area contributed by atoms with Crippen molar-refractivity contribution in [3.05, 3.63) is 28.5 Å². The van der Waals surface area contributed by atoms with E-state index in [0.717, 1.165) is 25.2 Å². The van der Waals surface area contributed by atoms with E-state index in [2.05, 4.69) is 0 Å². The highest BCUT2D eigenvalue weighted by atomic mass is 35.5. The lowest BCUT2D eigenvalue weighted by molar-refractivity contribution is -0.143. The van der Waals surface area contributed by atoms with Gasteiger partial charge in [0.15, 0.2) is 9.84 Å². The molecule has 1 saturated carbocycles. The second kappa shape index (κ2) is 5.00. The van der Waals surface area contributed by atoms with Crippen molar-refractivity contribution in [2.75, 3.05) is 6.26 Å². The molecule has 1 aromatic carbocycles. The molecule has 0 unspecified atom stereocenters. The van der Waals surface area contributed by atoms with Gasteiger partial charge >= 0.3 is 5.97 Å². The average molecular weight is 321 g/mol. The molecule has 1 aliphatic carbocycles. The van der Waals surface area contributed by atoms with E-state index in [4.69, 9.17) is 11.6 Å². The van der Waals surface area contributed by atoms with Gasteiger partial charge in [0.2, 0.25) is 0 Å². The van der Waals surface area contributed by atoms with Gasteiger partial charge in [0.25, 0.3) is 0 Å². The van der Waals surface area contributed by atoms with Gasteiger partial charge in [0, 0.05) is 6.26 Å². The van der Waals surface area contributed by atoms with E-state index in [0.29, 0.717) is 12.8 Å². The standard InChI is InChI=1S/C13H14ClFO4S/c1-20(18,19)11-9(14)6-8(7-10(11)15)13(12(16)17)4-2-3-5-13/h6-7H,2-5H2,1H3,(H,16,17). The maximum absolute atomic E-state index is 14.0. The lowest BCUT2D eigenvalue weighted by atomic mass is 9.79. The van der Waals surface area contributed by atoms with E-state index in [-0.39, 0.29) is 10.6 Å². The summed E-state index contributed by atoms with van der Waals surface area (Å²) in [4.78, 5) is 11.0. The van der Waals surface area contributed by atoms with Crippen LogP contribution >= 0.6 is 11.6 Å². The Kier molecular flexibility index (Phi) is 3.81. The second-order valence-electron chi connectivity index (χ2n) is 5.14. The molecule has 1 aromatic rings. The zero-order valence-electron chi connectivity index (χ0n) is 10.8. The highest BCUT2D eigenvalue weighted by Gasteiger charge is 2.43. The molecule has 0 amide bonds. The lowest BCUT2D eigenvalue weighted by Gasteiger charge is -2.25. The van der Waals surface area contributed by atoms with Gasteiger partial charge in [-0.1, -0.05) is 24.4 Å². The molecule has 1 N–H and O–H groups in total. The normalized spacial score (nSPS) is 18.1. The Morgan fingerprint density at radius 2 is 1.90 bits per heavy atom. The van der Waals surface area contributed by atoms with Crippen LogP contribution in [0.15, 0.2) is 17.0 Å². The van der Waals surface area contributed by atoms with Crippen molar-refractivity contribution in [1.82, 2.24) is 0 Å². The Morgan fingerprint density at radius 1 is 1.35 bits per heavy atom. The van der Waals surface area contributed by atoms with E-state index in [1.165, 1.54) is 6.07 Å². The van der Waals surface area contributed by atoms with Crippen LogP contribution in [0.25, 0.3) is 0 Å². The Labute approximate surface area is 121 Å². The van der Waals surface area contributed by atoms with Crippen molar-refractivity contribution in [2.45, 2.75) is 36.0 Å². The minimum absolute atomic E-state index is 0.234. The maximum atomic E-state index is 14.0. The number of carboxylic acids is 1. The van der Waals surface area contributed by atoms with E-state index < -0.39 is 31.9 Å². The predicted molar refractivity (Wildman–Crippen MR) is 72.3 cm³/mol. The predicted octanol–water partition coefficient (Wildman–Crippen LogP) is 2.78. The summed E-state index contributed by atoms with van der Waals surface area (Å²) in [5.41, 5.74) is -0.932. The second-order valence-corrected chi connectivity index (χ2v) is 7.50. The molecule has 0 aliphatic heterocycles. The Morgan fingerprint density at radius 3 is 2.30 bits per heavy atom. The summed E-state index contributed by atoms with van der Waals surface area (Å²) >= 11 is 5.85. The molecular formula is C13H14ClFO4S. The minimum Gasteiger partial charge on any atom is -0.481 e. The number of benzene rings is 1. The Balaban J connectivity index is 2.64. The van der Waals surface area contributed by atoms with Gasteiger partial charge in [-0.2, -0.15) is 0 Å². The van der Waals surface area contributed by atoms with Crippen molar-refractivity contribution in [1.29, 1.82) is 0 Å². The third kappa shape index (κ3) is 2.42. The molecule has 0 atom stereocenters. The molecule has 4 nitrogen and oxygen atoms in total. The van der Waals surface area contributed by atoms with E-state index in [9.17, 15) is 22.7 Å². The van der Waals surface area contributed by atoms with Crippen LogP contribution in [0.2, 0.25) is 5.02 Å². The van der Waals surface area contributed by atoms with Crippen LogP contribution in [0.1, 0.15) is 31.2 Å². The average Bonchev–Trinajstić information content (AvgIpc) is 2.75. The smallest absolute Gasteiger partial charge is 0.314 e. The summed E-state index contributed by atoms with van der Waals surface area (Å²) in [6, 6.07) is 2.25. The molecule has 1 fully saturated rings. The van der Waals surface area contributed by atoms with Crippen LogP contribution in [0.3, 0.4) is 0 Å². The lowest BCUT2D eigenvalue weighted by Crippen LogP contribution is -2.32. The van der Waals surface area contributed by atoms with Crippen LogP contribution in [0.5, 0.6) is 0 Å². The van der Waals surface area contributed by atoms with Gasteiger partial charge < -0.3 is 5.11 Å². The third-order valence-electron chi connectivity index (χ3n) is 3.79. The summed E-state index contributed by atoms with van der Waals surface area (Å²) < 4.78 is 37.0. The van der Waals surface area contributed by atoms with Gasteiger partial charge in [-0.3, -0.25) is 4.79 Å². The molecule has 20 heavy (non-hydrogen) atoms. The number of hydrogen-bond donors (Lipinski definition) is 1. The summed E-state index contributed by atoms with van der Waals surface area (Å²) in [5, 5.41) is 9.18. The van der Waals surface area contributed by atoms with Crippen molar-refractivity contribution < 1.29 is 22.7 Å². The first-order valence-corrected chi connectivity index (χ1v) is 8.38. The fraction of sp³-hybridized carbons (Fsp3) is 0.462. The van der Waals surface area contributed by atoms with Crippen LogP contribution in [0.4, 0.5) is 4.39 Å². The molecule has 110 valence electrons. The number of carbonyl (C=O) groups is 1. The molecule has 0 saturated heterocycles. The highest BCUT2D eigenvalue weighted by molar-refractivity contribution is 7.90. The summed E-state index contributed by atoms with van der Waals surface area (Å²) in [5.74, 6) is -2.03. The SMILES string of the molecule is CS(=O)(=O)c1c(F)cc(C2(C(=O)O)CCCC2)cc1Cl. The fourth-order valence-corrected chi connectivity index (χ4v) is 4.25. The van der Waals surface area contributed by atoms with Crippen LogP contribution in [0, 0.1) is 5.82 Å². The van der Waals surface area contributed by atoms with Crippen LogP contribution in [-0.2, 0) is 20.0 Å². The molecule has 2 rings (SSSR count). The van der Waals surface area contributed by atoms with E-state index >= 15 is 0 Å². The first kappa shape index (κ1) is 15.3. The number of halogens is 2. The third-order valence-corrected chi connectivity index (χ3v) is 5.35. The highest BCUT2D eigenvalue weighted by Crippen LogP contribution is 2.43. The number of carboxylic acid groups (broad SMARTS) is 1. The van der Waals surface area contributed by atoms with Crippen molar-refractivity contribution in [3.63, 3.8) is 0 Å². The van der Waals surface area contributed by atoms with Crippen molar-refractivity contribution >= 4 is 27.4 Å².